The standard InChI is InChI=1S/C14H28N2O/c1-11-4-5-14(15-2)12(8-11)9-16-7-6-13(10-16)17-3/h11-15H,4-10H2,1-3H3. The number of hydrogen-bond acceptors (Lipinski definition) is 3. The molecule has 1 N–H and O–H groups in total. The van der Waals surface area contributed by atoms with Gasteiger partial charge in [0.05, 0.1) is 6.10 Å². The molecule has 1 aliphatic carbocycles. The van der Waals surface area contributed by atoms with Crippen molar-refractivity contribution in [3.05, 3.63) is 0 Å². The average Bonchev–Trinajstić information content (AvgIpc) is 2.77. The Kier molecular flexibility index (Phi) is 4.83. The van der Waals surface area contributed by atoms with Crippen LogP contribution in [0.3, 0.4) is 0 Å². The van der Waals surface area contributed by atoms with Gasteiger partial charge in [0, 0.05) is 32.8 Å². The second kappa shape index (κ2) is 6.17. The molecule has 1 saturated heterocycles. The highest BCUT2D eigenvalue weighted by Crippen LogP contribution is 2.30. The largest absolute Gasteiger partial charge is 0.380 e. The van der Waals surface area contributed by atoms with Crippen molar-refractivity contribution in [1.29, 1.82) is 0 Å². The number of nitrogens with zero attached hydrogens (tertiary/aromatic N) is 1. The summed E-state index contributed by atoms with van der Waals surface area (Å²) in [5.74, 6) is 1.74. The fraction of sp³-hybridized carbons (Fsp3) is 1.00. The summed E-state index contributed by atoms with van der Waals surface area (Å²) < 4.78 is 5.45. The Bertz CT molecular complexity index is 234. The van der Waals surface area contributed by atoms with E-state index in [4.69, 9.17) is 4.74 Å². The van der Waals surface area contributed by atoms with Gasteiger partial charge in [0.1, 0.15) is 0 Å². The van der Waals surface area contributed by atoms with Crippen LogP contribution in [0.1, 0.15) is 32.6 Å². The van der Waals surface area contributed by atoms with Crippen LogP contribution in [-0.2, 0) is 4.74 Å². The minimum atomic E-state index is 0.476. The maximum Gasteiger partial charge on any atom is 0.0710 e. The Balaban J connectivity index is 1.83. The van der Waals surface area contributed by atoms with Gasteiger partial charge in [-0.25, -0.2) is 0 Å². The van der Waals surface area contributed by atoms with E-state index in [9.17, 15) is 0 Å². The second-order valence-electron chi connectivity index (χ2n) is 5.98. The number of nitrogens with one attached hydrogen (secondary N) is 1. The van der Waals surface area contributed by atoms with E-state index in [1.54, 1.807) is 0 Å². The van der Waals surface area contributed by atoms with E-state index >= 15 is 0 Å². The molecule has 0 aromatic rings. The number of methoxy groups -OCH3 is 1. The molecule has 1 saturated carbocycles. The number of ether oxygens (including phenoxy) is 1. The van der Waals surface area contributed by atoms with Gasteiger partial charge >= 0.3 is 0 Å². The molecule has 0 amide bonds. The van der Waals surface area contributed by atoms with Crippen LogP contribution in [0.4, 0.5) is 0 Å². The van der Waals surface area contributed by atoms with Crippen LogP contribution in [-0.4, -0.2) is 50.8 Å². The first-order valence-electron chi connectivity index (χ1n) is 7.15. The van der Waals surface area contributed by atoms with Crippen LogP contribution in [0.5, 0.6) is 0 Å². The number of hydrogen-bond donors (Lipinski definition) is 1. The van der Waals surface area contributed by atoms with Crippen molar-refractivity contribution < 1.29 is 4.74 Å². The van der Waals surface area contributed by atoms with E-state index in [0.29, 0.717) is 6.10 Å². The predicted molar refractivity (Wildman–Crippen MR) is 71.2 cm³/mol. The third kappa shape index (κ3) is 3.43. The van der Waals surface area contributed by atoms with E-state index in [1.165, 1.54) is 38.8 Å². The molecule has 0 aromatic heterocycles. The monoisotopic (exact) mass is 240 g/mol. The molecule has 1 aliphatic heterocycles. The maximum absolute atomic E-state index is 5.45. The molecule has 3 heteroatoms. The van der Waals surface area contributed by atoms with Crippen LogP contribution in [0.2, 0.25) is 0 Å². The number of rotatable bonds is 4. The van der Waals surface area contributed by atoms with Crippen LogP contribution < -0.4 is 5.32 Å². The molecule has 3 nitrogen and oxygen atoms in total. The summed E-state index contributed by atoms with van der Waals surface area (Å²) in [6.45, 7) is 6.02. The van der Waals surface area contributed by atoms with Crippen molar-refractivity contribution in [2.75, 3.05) is 33.8 Å². The SMILES string of the molecule is CNC1CCC(C)CC1CN1CCC(OC)C1. The van der Waals surface area contributed by atoms with E-state index in [-0.39, 0.29) is 0 Å². The summed E-state index contributed by atoms with van der Waals surface area (Å²) in [4.78, 5) is 2.60. The first kappa shape index (κ1) is 13.3. The van der Waals surface area contributed by atoms with Gasteiger partial charge in [0.25, 0.3) is 0 Å². The lowest BCUT2D eigenvalue weighted by atomic mass is 9.78. The van der Waals surface area contributed by atoms with Gasteiger partial charge in [-0.1, -0.05) is 6.92 Å². The summed E-state index contributed by atoms with van der Waals surface area (Å²) in [7, 11) is 3.96. The smallest absolute Gasteiger partial charge is 0.0710 e. The highest BCUT2D eigenvalue weighted by molar-refractivity contribution is 4.87. The lowest BCUT2D eigenvalue weighted by Crippen LogP contribution is -2.44. The normalized spacial score (nSPS) is 39.7. The third-order valence-electron chi connectivity index (χ3n) is 4.67. The van der Waals surface area contributed by atoms with Gasteiger partial charge in [-0.05, 0) is 44.6 Å². The molecule has 2 aliphatic rings. The highest BCUT2D eigenvalue weighted by Gasteiger charge is 2.31. The van der Waals surface area contributed by atoms with Crippen LogP contribution in [0, 0.1) is 11.8 Å². The first-order chi connectivity index (χ1) is 8.22. The van der Waals surface area contributed by atoms with Gasteiger partial charge in [0.15, 0.2) is 0 Å². The van der Waals surface area contributed by atoms with Crippen molar-refractivity contribution in [3.63, 3.8) is 0 Å². The molecule has 0 radical (unpaired) electrons. The predicted octanol–water partition coefficient (Wildman–Crippen LogP) is 1.73. The van der Waals surface area contributed by atoms with E-state index in [2.05, 4.69) is 24.2 Å². The van der Waals surface area contributed by atoms with Crippen molar-refractivity contribution in [2.45, 2.75) is 44.8 Å². The molecule has 4 unspecified atom stereocenters. The summed E-state index contributed by atoms with van der Waals surface area (Å²) in [6.07, 6.45) is 5.82. The molecule has 2 rings (SSSR count). The third-order valence-corrected chi connectivity index (χ3v) is 4.67. The fourth-order valence-corrected chi connectivity index (χ4v) is 3.57. The topological polar surface area (TPSA) is 24.5 Å². The van der Waals surface area contributed by atoms with E-state index in [1.807, 2.05) is 7.11 Å². The quantitative estimate of drug-likeness (QED) is 0.810. The molecule has 0 aromatic carbocycles. The summed E-state index contributed by atoms with van der Waals surface area (Å²) in [5, 5.41) is 3.52. The van der Waals surface area contributed by atoms with Gasteiger partial charge in [-0.3, -0.25) is 0 Å². The summed E-state index contributed by atoms with van der Waals surface area (Å²) >= 11 is 0. The lowest BCUT2D eigenvalue weighted by Gasteiger charge is -2.37. The van der Waals surface area contributed by atoms with Crippen LogP contribution in [0.25, 0.3) is 0 Å². The van der Waals surface area contributed by atoms with Crippen molar-refractivity contribution in [2.24, 2.45) is 11.8 Å². The summed E-state index contributed by atoms with van der Waals surface area (Å²) in [6, 6.07) is 0.729. The Hall–Kier alpha value is -0.120. The van der Waals surface area contributed by atoms with Crippen molar-refractivity contribution in [1.82, 2.24) is 10.2 Å². The number of likely N-dealkylation sites (tertiary alicyclic amines) is 1. The zero-order valence-corrected chi connectivity index (χ0v) is 11.6. The Labute approximate surface area is 106 Å². The minimum absolute atomic E-state index is 0.476. The zero-order valence-electron chi connectivity index (χ0n) is 11.6. The molecule has 100 valence electrons. The minimum Gasteiger partial charge on any atom is -0.380 e. The maximum atomic E-state index is 5.45. The van der Waals surface area contributed by atoms with E-state index < -0.39 is 0 Å². The second-order valence-corrected chi connectivity index (χ2v) is 5.98. The Morgan fingerprint density at radius 2 is 2.12 bits per heavy atom. The van der Waals surface area contributed by atoms with Crippen molar-refractivity contribution >= 4 is 0 Å². The van der Waals surface area contributed by atoms with Gasteiger partial charge in [0.2, 0.25) is 0 Å². The molecule has 0 bridgehead atoms. The van der Waals surface area contributed by atoms with Gasteiger partial charge in [-0.2, -0.15) is 0 Å². The molecular weight excluding hydrogens is 212 g/mol. The molecular formula is C14H28N2O. The van der Waals surface area contributed by atoms with E-state index in [0.717, 1.165) is 24.4 Å². The molecule has 2 fully saturated rings. The van der Waals surface area contributed by atoms with Crippen LogP contribution in [0.15, 0.2) is 0 Å². The Morgan fingerprint density at radius 1 is 1.29 bits per heavy atom. The fourth-order valence-electron chi connectivity index (χ4n) is 3.57. The highest BCUT2D eigenvalue weighted by atomic mass is 16.5. The Morgan fingerprint density at radius 3 is 2.76 bits per heavy atom. The molecule has 1 heterocycles. The van der Waals surface area contributed by atoms with Gasteiger partial charge < -0.3 is 15.0 Å². The molecule has 0 spiro atoms. The zero-order chi connectivity index (χ0) is 12.3. The van der Waals surface area contributed by atoms with Gasteiger partial charge in [-0.15, -0.1) is 0 Å². The lowest BCUT2D eigenvalue weighted by molar-refractivity contribution is 0.0992. The average molecular weight is 240 g/mol. The molecule has 4 atom stereocenters. The van der Waals surface area contributed by atoms with Crippen molar-refractivity contribution in [3.8, 4) is 0 Å². The summed E-state index contributed by atoms with van der Waals surface area (Å²) in [5.41, 5.74) is 0. The first-order valence-corrected chi connectivity index (χ1v) is 7.15. The molecule has 17 heavy (non-hydrogen) atoms. The van der Waals surface area contributed by atoms with Crippen LogP contribution >= 0.6 is 0 Å².